The van der Waals surface area contributed by atoms with E-state index in [9.17, 15) is 9.59 Å². The number of nitrogens with two attached hydrogens (primary N) is 1. The molecule has 0 aliphatic carbocycles. The molecular weight excluding hydrogens is 322 g/mol. The van der Waals surface area contributed by atoms with Crippen LogP contribution in [-0.4, -0.2) is 15.9 Å². The highest BCUT2D eigenvalue weighted by atomic mass is 35.5. The van der Waals surface area contributed by atoms with E-state index in [-0.39, 0.29) is 0 Å². The van der Waals surface area contributed by atoms with Gasteiger partial charge in [-0.3, -0.25) is 4.79 Å². The molecule has 1 aromatic carbocycles. The number of primary amides is 1. The van der Waals surface area contributed by atoms with Crippen molar-refractivity contribution in [1.82, 2.24) is 9.97 Å². The van der Waals surface area contributed by atoms with Crippen molar-refractivity contribution in [3.05, 3.63) is 62.8 Å². The fourth-order valence-corrected chi connectivity index (χ4v) is 3.07. The van der Waals surface area contributed by atoms with Gasteiger partial charge >= 0.3 is 5.69 Å². The summed E-state index contributed by atoms with van der Waals surface area (Å²) in [7, 11) is 0. The second-order valence-corrected chi connectivity index (χ2v) is 5.98. The molecule has 0 aliphatic rings. The maximum absolute atomic E-state index is 11.8. The van der Waals surface area contributed by atoms with Crippen LogP contribution in [0.25, 0.3) is 21.8 Å². The van der Waals surface area contributed by atoms with Crippen molar-refractivity contribution in [2.45, 2.75) is 0 Å². The van der Waals surface area contributed by atoms with E-state index in [1.807, 2.05) is 12.1 Å². The molecule has 0 spiro atoms. The lowest BCUT2D eigenvalue weighted by Gasteiger charge is -2.05. The van der Waals surface area contributed by atoms with E-state index in [4.69, 9.17) is 17.3 Å². The van der Waals surface area contributed by atoms with Crippen LogP contribution >= 0.6 is 22.9 Å². The highest BCUT2D eigenvalue weighted by Crippen LogP contribution is 2.30. The fraction of sp³-hybridized carbons (Fsp3) is 0. The Morgan fingerprint density at radius 1 is 1.23 bits per heavy atom. The number of nitrogens with zero attached hydrogens (tertiary/aromatic N) is 1. The molecule has 3 N–H and O–H groups in total. The van der Waals surface area contributed by atoms with Crippen molar-refractivity contribution < 1.29 is 4.79 Å². The van der Waals surface area contributed by atoms with Crippen LogP contribution in [0.5, 0.6) is 0 Å². The van der Waals surface area contributed by atoms with Crippen LogP contribution in [0.1, 0.15) is 9.67 Å². The first-order valence-electron chi connectivity index (χ1n) is 6.31. The SMILES string of the molecule is NC(=O)c1ccc(-c2cc(-c3ccccc3Cl)[nH]c(=O)n2)s1. The Bertz CT molecular complexity index is 917. The average molecular weight is 332 g/mol. The molecule has 0 atom stereocenters. The fourth-order valence-electron chi connectivity index (χ4n) is 2.02. The third-order valence-corrected chi connectivity index (χ3v) is 4.46. The topological polar surface area (TPSA) is 88.8 Å². The van der Waals surface area contributed by atoms with Crippen molar-refractivity contribution in [2.75, 3.05) is 0 Å². The van der Waals surface area contributed by atoms with E-state index >= 15 is 0 Å². The summed E-state index contributed by atoms with van der Waals surface area (Å²) in [6, 6.07) is 12.2. The quantitative estimate of drug-likeness (QED) is 0.773. The smallest absolute Gasteiger partial charge is 0.345 e. The molecule has 0 unspecified atom stereocenters. The van der Waals surface area contributed by atoms with Gasteiger partial charge in [-0.2, -0.15) is 4.98 Å². The van der Waals surface area contributed by atoms with Gasteiger partial charge in [-0.1, -0.05) is 29.8 Å². The van der Waals surface area contributed by atoms with Crippen LogP contribution in [0.15, 0.2) is 47.3 Å². The molecule has 0 bridgehead atoms. The summed E-state index contributed by atoms with van der Waals surface area (Å²) in [5.41, 5.74) is 6.50. The molecular formula is C15H10ClN3O2S. The van der Waals surface area contributed by atoms with E-state index in [0.29, 0.717) is 31.7 Å². The number of thiophene rings is 1. The van der Waals surface area contributed by atoms with E-state index in [2.05, 4.69) is 9.97 Å². The van der Waals surface area contributed by atoms with Gasteiger partial charge in [0, 0.05) is 10.6 Å². The van der Waals surface area contributed by atoms with E-state index in [1.54, 1.807) is 30.3 Å². The standard InChI is InChI=1S/C15H10ClN3O2S/c16-9-4-2-1-3-8(9)10-7-11(19-15(21)18-10)12-5-6-13(22-12)14(17)20/h1-7H,(H2,17,20)(H,18,19,21). The Balaban J connectivity index is 2.12. The number of carbonyl (C=O) groups is 1. The summed E-state index contributed by atoms with van der Waals surface area (Å²) in [5, 5.41) is 0.527. The van der Waals surface area contributed by atoms with Crippen molar-refractivity contribution in [3.63, 3.8) is 0 Å². The number of aromatic amines is 1. The molecule has 2 heterocycles. The number of aromatic nitrogens is 2. The average Bonchev–Trinajstić information content (AvgIpc) is 2.97. The second-order valence-electron chi connectivity index (χ2n) is 4.49. The van der Waals surface area contributed by atoms with Gasteiger partial charge in [-0.05, 0) is 24.3 Å². The molecule has 110 valence electrons. The first-order valence-corrected chi connectivity index (χ1v) is 7.50. The predicted molar refractivity (Wildman–Crippen MR) is 87.1 cm³/mol. The number of rotatable bonds is 3. The minimum absolute atomic E-state index is 0.413. The Morgan fingerprint density at radius 3 is 2.68 bits per heavy atom. The molecule has 22 heavy (non-hydrogen) atoms. The van der Waals surface area contributed by atoms with E-state index in [1.165, 1.54) is 11.3 Å². The Kier molecular flexibility index (Phi) is 3.79. The number of benzene rings is 1. The minimum atomic E-state index is -0.507. The predicted octanol–water partition coefficient (Wildman–Crippen LogP) is 2.92. The third kappa shape index (κ3) is 2.79. The monoisotopic (exact) mass is 331 g/mol. The second kappa shape index (κ2) is 5.75. The number of halogens is 1. The summed E-state index contributed by atoms with van der Waals surface area (Å²) in [4.78, 5) is 30.7. The highest BCUT2D eigenvalue weighted by molar-refractivity contribution is 7.17. The number of nitrogens with one attached hydrogen (secondary N) is 1. The lowest BCUT2D eigenvalue weighted by Crippen LogP contribution is -2.11. The molecule has 5 nitrogen and oxygen atoms in total. The normalized spacial score (nSPS) is 10.6. The molecule has 1 amide bonds. The van der Waals surface area contributed by atoms with Crippen LogP contribution in [0.4, 0.5) is 0 Å². The van der Waals surface area contributed by atoms with Crippen LogP contribution < -0.4 is 11.4 Å². The van der Waals surface area contributed by atoms with Crippen LogP contribution in [0, 0.1) is 0 Å². The number of hydrogen-bond donors (Lipinski definition) is 2. The van der Waals surface area contributed by atoms with Crippen LogP contribution in [-0.2, 0) is 0 Å². The zero-order valence-corrected chi connectivity index (χ0v) is 12.7. The van der Waals surface area contributed by atoms with E-state index in [0.717, 1.165) is 0 Å². The molecule has 0 radical (unpaired) electrons. The summed E-state index contributed by atoms with van der Waals surface area (Å²) in [5.74, 6) is -0.507. The molecule has 0 saturated heterocycles. The zero-order valence-electron chi connectivity index (χ0n) is 11.2. The van der Waals surface area contributed by atoms with Gasteiger partial charge in [-0.15, -0.1) is 11.3 Å². The van der Waals surface area contributed by atoms with Gasteiger partial charge in [0.25, 0.3) is 5.91 Å². The summed E-state index contributed by atoms with van der Waals surface area (Å²) in [6.07, 6.45) is 0. The number of amides is 1. The highest BCUT2D eigenvalue weighted by Gasteiger charge is 2.11. The summed E-state index contributed by atoms with van der Waals surface area (Å²) < 4.78 is 0. The van der Waals surface area contributed by atoms with Crippen molar-refractivity contribution in [1.29, 1.82) is 0 Å². The maximum atomic E-state index is 11.8. The molecule has 3 rings (SSSR count). The molecule has 3 aromatic rings. The first kappa shape index (κ1) is 14.5. The van der Waals surface area contributed by atoms with Gasteiger partial charge in [0.2, 0.25) is 0 Å². The lowest BCUT2D eigenvalue weighted by atomic mass is 10.1. The molecule has 2 aromatic heterocycles. The van der Waals surface area contributed by atoms with Gasteiger partial charge in [0.1, 0.15) is 0 Å². The first-order chi connectivity index (χ1) is 10.5. The Labute approximate surface area is 134 Å². The number of hydrogen-bond acceptors (Lipinski definition) is 4. The van der Waals surface area contributed by atoms with Gasteiger partial charge in [0.05, 0.1) is 21.1 Å². The third-order valence-electron chi connectivity index (χ3n) is 3.01. The largest absolute Gasteiger partial charge is 0.365 e. The number of carbonyl (C=O) groups excluding carboxylic acids is 1. The Hall–Kier alpha value is -2.44. The number of H-pyrrole nitrogens is 1. The van der Waals surface area contributed by atoms with E-state index < -0.39 is 11.6 Å². The van der Waals surface area contributed by atoms with Crippen molar-refractivity contribution in [3.8, 4) is 21.8 Å². The van der Waals surface area contributed by atoms with Gasteiger partial charge in [-0.25, -0.2) is 4.79 Å². The van der Waals surface area contributed by atoms with Crippen molar-refractivity contribution >= 4 is 28.8 Å². The summed E-state index contributed by atoms with van der Waals surface area (Å²) >= 11 is 7.34. The Morgan fingerprint density at radius 2 is 2.00 bits per heavy atom. The molecule has 0 saturated carbocycles. The minimum Gasteiger partial charge on any atom is -0.365 e. The van der Waals surface area contributed by atoms with Gasteiger partial charge in [0.15, 0.2) is 0 Å². The molecule has 7 heteroatoms. The maximum Gasteiger partial charge on any atom is 0.345 e. The molecule has 0 fully saturated rings. The molecule has 0 aliphatic heterocycles. The van der Waals surface area contributed by atoms with Crippen LogP contribution in [0.2, 0.25) is 5.02 Å². The van der Waals surface area contributed by atoms with Gasteiger partial charge < -0.3 is 10.7 Å². The zero-order chi connectivity index (χ0) is 15.7. The van der Waals surface area contributed by atoms with Crippen LogP contribution in [0.3, 0.4) is 0 Å². The summed E-state index contributed by atoms with van der Waals surface area (Å²) in [6.45, 7) is 0. The van der Waals surface area contributed by atoms with Crippen molar-refractivity contribution in [2.24, 2.45) is 5.73 Å². The lowest BCUT2D eigenvalue weighted by molar-refractivity contribution is 0.100.